The molecule has 5 heteroatoms. The molecule has 2 aromatic carbocycles. The molecule has 0 aliphatic rings. The predicted molar refractivity (Wildman–Crippen MR) is 105 cm³/mol. The standard InChI is InChI=1S/C22H18N4O/c1-15-11-20(27)25(14-18-8-6-7-17(12-18)13-23)22-21(15)16(2)24-26(22)19-9-4-3-5-10-19/h3-12H,14H2,1-2H3. The number of pyridine rings is 1. The Labute approximate surface area is 156 Å². The van der Waals surface area contributed by atoms with Gasteiger partial charge in [0.1, 0.15) is 5.65 Å². The number of hydrogen-bond donors (Lipinski definition) is 0. The zero-order chi connectivity index (χ0) is 19.0. The maximum atomic E-state index is 12.9. The molecule has 0 bridgehead atoms. The summed E-state index contributed by atoms with van der Waals surface area (Å²) in [5.74, 6) is 0. The zero-order valence-electron chi connectivity index (χ0n) is 15.2. The second-order valence-corrected chi connectivity index (χ2v) is 6.60. The predicted octanol–water partition coefficient (Wildman–Crippen LogP) is 3.72. The van der Waals surface area contributed by atoms with Crippen molar-refractivity contribution in [1.29, 1.82) is 5.26 Å². The Hall–Kier alpha value is -3.65. The Morgan fingerprint density at radius 3 is 2.56 bits per heavy atom. The largest absolute Gasteiger partial charge is 0.288 e. The summed E-state index contributed by atoms with van der Waals surface area (Å²) >= 11 is 0. The number of para-hydroxylation sites is 1. The summed E-state index contributed by atoms with van der Waals surface area (Å²) in [7, 11) is 0. The van der Waals surface area contributed by atoms with E-state index in [0.29, 0.717) is 12.1 Å². The Morgan fingerprint density at radius 1 is 1.04 bits per heavy atom. The number of aryl methyl sites for hydroxylation is 2. The number of hydrogen-bond acceptors (Lipinski definition) is 3. The van der Waals surface area contributed by atoms with Crippen molar-refractivity contribution in [3.63, 3.8) is 0 Å². The Kier molecular flexibility index (Phi) is 4.09. The molecule has 0 radical (unpaired) electrons. The minimum atomic E-state index is -0.0839. The molecule has 27 heavy (non-hydrogen) atoms. The van der Waals surface area contributed by atoms with Crippen molar-refractivity contribution in [2.24, 2.45) is 0 Å². The van der Waals surface area contributed by atoms with Crippen molar-refractivity contribution >= 4 is 11.0 Å². The number of nitriles is 1. The van der Waals surface area contributed by atoms with Gasteiger partial charge in [-0.15, -0.1) is 0 Å². The summed E-state index contributed by atoms with van der Waals surface area (Å²) in [6, 6.07) is 20.9. The summed E-state index contributed by atoms with van der Waals surface area (Å²) < 4.78 is 3.55. The van der Waals surface area contributed by atoms with Crippen LogP contribution in [0.2, 0.25) is 0 Å². The monoisotopic (exact) mass is 354 g/mol. The normalized spacial score (nSPS) is 10.9. The van der Waals surface area contributed by atoms with Crippen molar-refractivity contribution in [1.82, 2.24) is 14.3 Å². The second-order valence-electron chi connectivity index (χ2n) is 6.60. The highest BCUT2D eigenvalue weighted by Gasteiger charge is 2.17. The molecule has 0 fully saturated rings. The molecule has 0 N–H and O–H groups in total. The molecule has 4 rings (SSSR count). The summed E-state index contributed by atoms with van der Waals surface area (Å²) in [6.45, 7) is 4.28. The number of aromatic nitrogens is 3. The first-order chi connectivity index (χ1) is 13.1. The lowest BCUT2D eigenvalue weighted by Gasteiger charge is -2.12. The van der Waals surface area contributed by atoms with E-state index in [0.717, 1.165) is 33.5 Å². The number of nitrogens with zero attached hydrogens (tertiary/aromatic N) is 4. The molecule has 0 saturated heterocycles. The smallest absolute Gasteiger partial charge is 0.252 e. The van der Waals surface area contributed by atoms with Crippen LogP contribution in [0.4, 0.5) is 0 Å². The van der Waals surface area contributed by atoms with Gasteiger partial charge in [-0.3, -0.25) is 9.36 Å². The van der Waals surface area contributed by atoms with E-state index >= 15 is 0 Å². The van der Waals surface area contributed by atoms with Crippen LogP contribution in [0.5, 0.6) is 0 Å². The van der Waals surface area contributed by atoms with Crippen LogP contribution < -0.4 is 5.56 Å². The average Bonchev–Trinajstić information content (AvgIpc) is 3.03. The Bertz CT molecular complexity index is 1240. The van der Waals surface area contributed by atoms with Gasteiger partial charge in [-0.05, 0) is 49.2 Å². The fourth-order valence-electron chi connectivity index (χ4n) is 3.49. The third kappa shape index (κ3) is 2.91. The Morgan fingerprint density at radius 2 is 1.81 bits per heavy atom. The first-order valence-corrected chi connectivity index (χ1v) is 8.72. The maximum absolute atomic E-state index is 12.9. The van der Waals surface area contributed by atoms with Crippen LogP contribution in [0.25, 0.3) is 16.7 Å². The highest BCUT2D eigenvalue weighted by molar-refractivity contribution is 5.83. The quantitative estimate of drug-likeness (QED) is 0.563. The van der Waals surface area contributed by atoms with Gasteiger partial charge in [-0.2, -0.15) is 10.4 Å². The number of fused-ring (bicyclic) bond motifs is 1. The molecule has 0 aliphatic carbocycles. The zero-order valence-corrected chi connectivity index (χ0v) is 15.2. The van der Waals surface area contributed by atoms with E-state index in [9.17, 15) is 4.79 Å². The van der Waals surface area contributed by atoms with Crippen LogP contribution >= 0.6 is 0 Å². The fourth-order valence-corrected chi connectivity index (χ4v) is 3.49. The second kappa shape index (κ2) is 6.58. The Balaban J connectivity index is 2.00. The molecular formula is C22H18N4O. The molecule has 5 nitrogen and oxygen atoms in total. The average molecular weight is 354 g/mol. The minimum Gasteiger partial charge on any atom is -0.288 e. The molecule has 2 heterocycles. The summed E-state index contributed by atoms with van der Waals surface area (Å²) in [5, 5.41) is 14.8. The van der Waals surface area contributed by atoms with Crippen molar-refractivity contribution in [2.45, 2.75) is 20.4 Å². The topological polar surface area (TPSA) is 63.6 Å². The molecule has 0 amide bonds. The van der Waals surface area contributed by atoms with Crippen LogP contribution in [0.1, 0.15) is 22.4 Å². The third-order valence-electron chi connectivity index (χ3n) is 4.69. The van der Waals surface area contributed by atoms with Crippen LogP contribution in [0.15, 0.2) is 65.5 Å². The van der Waals surface area contributed by atoms with Crippen molar-refractivity contribution in [2.75, 3.05) is 0 Å². The lowest BCUT2D eigenvalue weighted by Crippen LogP contribution is -2.22. The van der Waals surface area contributed by atoms with Gasteiger partial charge < -0.3 is 0 Å². The van der Waals surface area contributed by atoms with Gasteiger partial charge in [0, 0.05) is 11.5 Å². The van der Waals surface area contributed by atoms with Crippen molar-refractivity contribution < 1.29 is 0 Å². The highest BCUT2D eigenvalue weighted by Crippen LogP contribution is 2.24. The summed E-state index contributed by atoms with van der Waals surface area (Å²) in [5.41, 5.74) is 4.87. The van der Waals surface area contributed by atoms with E-state index in [1.165, 1.54) is 0 Å². The molecule has 0 unspecified atom stereocenters. The van der Waals surface area contributed by atoms with Gasteiger partial charge >= 0.3 is 0 Å². The van der Waals surface area contributed by atoms with Gasteiger partial charge in [0.05, 0.1) is 29.6 Å². The van der Waals surface area contributed by atoms with Crippen molar-refractivity contribution in [3.05, 3.63) is 93.4 Å². The van der Waals surface area contributed by atoms with Crippen LogP contribution in [-0.2, 0) is 6.54 Å². The van der Waals surface area contributed by atoms with Gasteiger partial charge in [0.15, 0.2) is 0 Å². The van der Waals surface area contributed by atoms with E-state index < -0.39 is 0 Å². The van der Waals surface area contributed by atoms with E-state index in [1.807, 2.05) is 67.1 Å². The first kappa shape index (κ1) is 16.8. The van der Waals surface area contributed by atoms with Gasteiger partial charge in [-0.1, -0.05) is 30.3 Å². The molecule has 2 aromatic heterocycles. The van der Waals surface area contributed by atoms with Crippen LogP contribution in [0.3, 0.4) is 0 Å². The number of rotatable bonds is 3. The molecule has 132 valence electrons. The van der Waals surface area contributed by atoms with E-state index in [1.54, 1.807) is 16.7 Å². The lowest BCUT2D eigenvalue weighted by molar-refractivity contribution is 0.750. The molecule has 0 aliphatic heterocycles. The van der Waals surface area contributed by atoms with Gasteiger partial charge in [-0.25, -0.2) is 4.68 Å². The molecule has 0 saturated carbocycles. The lowest BCUT2D eigenvalue weighted by atomic mass is 10.1. The first-order valence-electron chi connectivity index (χ1n) is 8.72. The molecule has 4 aromatic rings. The van der Waals surface area contributed by atoms with E-state index in [-0.39, 0.29) is 5.56 Å². The summed E-state index contributed by atoms with van der Waals surface area (Å²) in [4.78, 5) is 12.9. The molecule has 0 atom stereocenters. The van der Waals surface area contributed by atoms with Crippen molar-refractivity contribution in [3.8, 4) is 11.8 Å². The summed E-state index contributed by atoms with van der Waals surface area (Å²) in [6.07, 6.45) is 0. The minimum absolute atomic E-state index is 0.0839. The van der Waals surface area contributed by atoms with Gasteiger partial charge in [0.25, 0.3) is 5.56 Å². The van der Waals surface area contributed by atoms with Crippen LogP contribution in [0, 0.1) is 25.2 Å². The van der Waals surface area contributed by atoms with Crippen LogP contribution in [-0.4, -0.2) is 14.3 Å². The number of benzene rings is 2. The maximum Gasteiger partial charge on any atom is 0.252 e. The molecular weight excluding hydrogens is 336 g/mol. The SMILES string of the molecule is Cc1cc(=O)n(Cc2cccc(C#N)c2)c2c1c(C)nn2-c1ccccc1. The highest BCUT2D eigenvalue weighted by atomic mass is 16.1. The third-order valence-corrected chi connectivity index (χ3v) is 4.69. The van der Waals surface area contributed by atoms with E-state index in [2.05, 4.69) is 6.07 Å². The molecule has 0 spiro atoms. The van der Waals surface area contributed by atoms with Gasteiger partial charge in [0.2, 0.25) is 0 Å². The fraction of sp³-hybridized carbons (Fsp3) is 0.136. The van der Waals surface area contributed by atoms with E-state index in [4.69, 9.17) is 10.4 Å².